The second-order valence-corrected chi connectivity index (χ2v) is 6.03. The molecule has 1 aliphatic heterocycles. The SMILES string of the molecule is CNC1CCCN(C(=O)CC2CCCCCC2)C1.Cl. The van der Waals surface area contributed by atoms with E-state index in [9.17, 15) is 4.79 Å². The predicted molar refractivity (Wildman–Crippen MR) is 81.7 cm³/mol. The van der Waals surface area contributed by atoms with Crippen molar-refractivity contribution in [3.63, 3.8) is 0 Å². The van der Waals surface area contributed by atoms with Crippen molar-refractivity contribution in [2.24, 2.45) is 5.92 Å². The summed E-state index contributed by atoms with van der Waals surface area (Å²) in [7, 11) is 2.00. The summed E-state index contributed by atoms with van der Waals surface area (Å²) in [5, 5.41) is 3.31. The van der Waals surface area contributed by atoms with Crippen LogP contribution in [-0.2, 0) is 4.79 Å². The van der Waals surface area contributed by atoms with Gasteiger partial charge >= 0.3 is 0 Å². The molecular formula is C15H29ClN2O. The van der Waals surface area contributed by atoms with Crippen molar-refractivity contribution in [2.45, 2.75) is 63.8 Å². The van der Waals surface area contributed by atoms with Gasteiger partial charge in [0, 0.05) is 25.6 Å². The number of likely N-dealkylation sites (N-methyl/N-ethyl adjacent to an activating group) is 1. The Morgan fingerprint density at radius 3 is 2.42 bits per heavy atom. The van der Waals surface area contributed by atoms with E-state index in [1.54, 1.807) is 0 Å². The summed E-state index contributed by atoms with van der Waals surface area (Å²) < 4.78 is 0. The van der Waals surface area contributed by atoms with Crippen LogP contribution < -0.4 is 5.32 Å². The summed E-state index contributed by atoms with van der Waals surface area (Å²) >= 11 is 0. The molecule has 2 fully saturated rings. The summed E-state index contributed by atoms with van der Waals surface area (Å²) in [4.78, 5) is 14.4. The lowest BCUT2D eigenvalue weighted by Crippen LogP contribution is -2.47. The molecule has 4 heteroatoms. The largest absolute Gasteiger partial charge is 0.341 e. The first kappa shape index (κ1) is 16.8. The Kier molecular flexibility index (Phi) is 7.77. The number of nitrogens with one attached hydrogen (secondary N) is 1. The zero-order valence-corrected chi connectivity index (χ0v) is 13.0. The number of likely N-dealkylation sites (tertiary alicyclic amines) is 1. The van der Waals surface area contributed by atoms with Crippen LogP contribution >= 0.6 is 12.4 Å². The Labute approximate surface area is 123 Å². The van der Waals surface area contributed by atoms with Gasteiger partial charge < -0.3 is 10.2 Å². The van der Waals surface area contributed by atoms with E-state index in [4.69, 9.17) is 0 Å². The molecule has 2 rings (SSSR count). The van der Waals surface area contributed by atoms with Crippen LogP contribution in [0.25, 0.3) is 0 Å². The standard InChI is InChI=1S/C15H28N2O.ClH/c1-16-14-9-6-10-17(12-14)15(18)11-13-7-4-2-3-5-8-13;/h13-14,16H,2-12H2,1H3;1H. The van der Waals surface area contributed by atoms with E-state index in [2.05, 4.69) is 10.2 Å². The number of carbonyl (C=O) groups excluding carboxylic acids is 1. The monoisotopic (exact) mass is 288 g/mol. The van der Waals surface area contributed by atoms with Crippen LogP contribution in [0.4, 0.5) is 0 Å². The first-order valence-electron chi connectivity index (χ1n) is 7.74. The van der Waals surface area contributed by atoms with Crippen LogP contribution in [0.2, 0.25) is 0 Å². The van der Waals surface area contributed by atoms with Crippen molar-refractivity contribution < 1.29 is 4.79 Å². The fourth-order valence-corrected chi connectivity index (χ4v) is 3.38. The Morgan fingerprint density at radius 2 is 1.79 bits per heavy atom. The smallest absolute Gasteiger partial charge is 0.222 e. The van der Waals surface area contributed by atoms with Gasteiger partial charge in [-0.1, -0.05) is 25.7 Å². The topological polar surface area (TPSA) is 32.3 Å². The molecule has 1 unspecified atom stereocenters. The first-order chi connectivity index (χ1) is 8.79. The van der Waals surface area contributed by atoms with Gasteiger partial charge in [-0.3, -0.25) is 4.79 Å². The van der Waals surface area contributed by atoms with Gasteiger partial charge in [0.2, 0.25) is 5.91 Å². The number of rotatable bonds is 3. The summed E-state index contributed by atoms with van der Waals surface area (Å²) in [6, 6.07) is 0.511. The highest BCUT2D eigenvalue weighted by atomic mass is 35.5. The molecule has 1 N–H and O–H groups in total. The van der Waals surface area contributed by atoms with Gasteiger partial charge in [-0.25, -0.2) is 0 Å². The van der Waals surface area contributed by atoms with Gasteiger partial charge in [0.25, 0.3) is 0 Å². The molecule has 0 radical (unpaired) electrons. The number of hydrogen-bond acceptors (Lipinski definition) is 2. The maximum absolute atomic E-state index is 12.3. The molecule has 1 amide bonds. The molecule has 0 aromatic rings. The third-order valence-electron chi connectivity index (χ3n) is 4.62. The fraction of sp³-hybridized carbons (Fsp3) is 0.933. The lowest BCUT2D eigenvalue weighted by atomic mass is 9.95. The number of carbonyl (C=O) groups is 1. The normalized spacial score (nSPS) is 25.5. The van der Waals surface area contributed by atoms with Crippen LogP contribution in [0.1, 0.15) is 57.8 Å². The average molecular weight is 289 g/mol. The number of nitrogens with zero attached hydrogens (tertiary/aromatic N) is 1. The molecule has 1 aliphatic carbocycles. The minimum atomic E-state index is 0. The third kappa shape index (κ3) is 5.31. The lowest BCUT2D eigenvalue weighted by molar-refractivity contribution is -0.133. The molecule has 3 nitrogen and oxygen atoms in total. The Balaban J connectivity index is 0.00000180. The maximum Gasteiger partial charge on any atom is 0.222 e. The minimum absolute atomic E-state index is 0. The quantitative estimate of drug-likeness (QED) is 0.810. The second-order valence-electron chi connectivity index (χ2n) is 6.03. The molecule has 0 aromatic heterocycles. The van der Waals surface area contributed by atoms with Crippen molar-refractivity contribution >= 4 is 18.3 Å². The van der Waals surface area contributed by atoms with Crippen molar-refractivity contribution in [3.8, 4) is 0 Å². The molecule has 1 atom stereocenters. The molecule has 2 aliphatic rings. The van der Waals surface area contributed by atoms with Gasteiger partial charge in [-0.05, 0) is 38.6 Å². The highest BCUT2D eigenvalue weighted by molar-refractivity contribution is 5.85. The molecular weight excluding hydrogens is 260 g/mol. The highest BCUT2D eigenvalue weighted by Gasteiger charge is 2.24. The molecule has 19 heavy (non-hydrogen) atoms. The van der Waals surface area contributed by atoms with Crippen molar-refractivity contribution in [3.05, 3.63) is 0 Å². The van der Waals surface area contributed by atoms with Crippen LogP contribution in [0.3, 0.4) is 0 Å². The van der Waals surface area contributed by atoms with Gasteiger partial charge in [0.15, 0.2) is 0 Å². The zero-order chi connectivity index (χ0) is 12.8. The minimum Gasteiger partial charge on any atom is -0.341 e. The van der Waals surface area contributed by atoms with E-state index in [1.807, 2.05) is 7.05 Å². The highest BCUT2D eigenvalue weighted by Crippen LogP contribution is 2.26. The van der Waals surface area contributed by atoms with Crippen LogP contribution in [0, 0.1) is 5.92 Å². The van der Waals surface area contributed by atoms with Crippen molar-refractivity contribution in [1.29, 1.82) is 0 Å². The fourth-order valence-electron chi connectivity index (χ4n) is 3.38. The number of piperidine rings is 1. The van der Waals surface area contributed by atoms with Gasteiger partial charge in [-0.2, -0.15) is 0 Å². The number of hydrogen-bond donors (Lipinski definition) is 1. The summed E-state index contributed by atoms with van der Waals surface area (Å²) in [5.41, 5.74) is 0. The van der Waals surface area contributed by atoms with Crippen LogP contribution in [-0.4, -0.2) is 37.0 Å². The van der Waals surface area contributed by atoms with Crippen molar-refractivity contribution in [2.75, 3.05) is 20.1 Å². The van der Waals surface area contributed by atoms with E-state index in [0.717, 1.165) is 25.9 Å². The zero-order valence-electron chi connectivity index (χ0n) is 12.2. The summed E-state index contributed by atoms with van der Waals surface area (Å²) in [6.07, 6.45) is 11.1. The van der Waals surface area contributed by atoms with Gasteiger partial charge in [0.1, 0.15) is 0 Å². The number of halogens is 1. The van der Waals surface area contributed by atoms with E-state index in [-0.39, 0.29) is 12.4 Å². The third-order valence-corrected chi connectivity index (χ3v) is 4.62. The van der Waals surface area contributed by atoms with E-state index in [1.165, 1.54) is 44.9 Å². The van der Waals surface area contributed by atoms with Crippen LogP contribution in [0.5, 0.6) is 0 Å². The number of amides is 1. The van der Waals surface area contributed by atoms with Crippen LogP contribution in [0.15, 0.2) is 0 Å². The molecule has 1 saturated heterocycles. The molecule has 112 valence electrons. The van der Waals surface area contributed by atoms with E-state index >= 15 is 0 Å². The van der Waals surface area contributed by atoms with E-state index < -0.39 is 0 Å². The summed E-state index contributed by atoms with van der Waals surface area (Å²) in [5.74, 6) is 1.07. The second kappa shape index (κ2) is 8.80. The Bertz CT molecular complexity index is 265. The molecule has 1 heterocycles. The molecule has 0 spiro atoms. The predicted octanol–water partition coefficient (Wildman–Crippen LogP) is 2.98. The average Bonchev–Trinajstić information content (AvgIpc) is 2.67. The van der Waals surface area contributed by atoms with Gasteiger partial charge in [0.05, 0.1) is 0 Å². The Morgan fingerprint density at radius 1 is 1.11 bits per heavy atom. The lowest BCUT2D eigenvalue weighted by Gasteiger charge is -2.33. The molecule has 0 bridgehead atoms. The first-order valence-corrected chi connectivity index (χ1v) is 7.74. The van der Waals surface area contributed by atoms with E-state index in [0.29, 0.717) is 17.9 Å². The van der Waals surface area contributed by atoms with Gasteiger partial charge in [-0.15, -0.1) is 12.4 Å². The Hall–Kier alpha value is -0.280. The molecule has 1 saturated carbocycles. The molecule has 0 aromatic carbocycles. The van der Waals surface area contributed by atoms with Crippen molar-refractivity contribution in [1.82, 2.24) is 10.2 Å². The maximum atomic E-state index is 12.3. The summed E-state index contributed by atoms with van der Waals surface area (Å²) in [6.45, 7) is 1.89.